The molecule has 0 unspecified atom stereocenters. The van der Waals surface area contributed by atoms with Gasteiger partial charge in [-0.15, -0.1) is 23.2 Å². The fourth-order valence-electron chi connectivity index (χ4n) is 2.87. The lowest BCUT2D eigenvalue weighted by Gasteiger charge is -2.30. The molecule has 4 heteroatoms. The Morgan fingerprint density at radius 2 is 1.85 bits per heavy atom. The van der Waals surface area contributed by atoms with Crippen molar-refractivity contribution >= 4 is 23.2 Å². The third-order valence-electron chi connectivity index (χ3n) is 3.49. The van der Waals surface area contributed by atoms with Crippen molar-refractivity contribution in [3.05, 3.63) is 0 Å². The maximum Gasteiger partial charge on any atom is 0.174 e. The van der Waals surface area contributed by atoms with E-state index in [2.05, 4.69) is 0 Å². The summed E-state index contributed by atoms with van der Waals surface area (Å²) in [6.07, 6.45) is 3.18. The molecule has 1 saturated heterocycles. The van der Waals surface area contributed by atoms with E-state index in [4.69, 9.17) is 32.7 Å². The minimum absolute atomic E-state index is 0.208. The van der Waals surface area contributed by atoms with Gasteiger partial charge in [-0.3, -0.25) is 0 Å². The molecule has 3 aliphatic rings. The van der Waals surface area contributed by atoms with Crippen LogP contribution in [0.1, 0.15) is 19.3 Å². The number of rotatable bonds is 0. The summed E-state index contributed by atoms with van der Waals surface area (Å²) in [4.78, 5) is 0. The van der Waals surface area contributed by atoms with Crippen LogP contribution in [0, 0.1) is 11.8 Å². The van der Waals surface area contributed by atoms with Gasteiger partial charge in [-0.25, -0.2) is 0 Å². The van der Waals surface area contributed by atoms with Crippen LogP contribution in [-0.2, 0) is 9.47 Å². The van der Waals surface area contributed by atoms with E-state index in [0.29, 0.717) is 19.1 Å². The maximum absolute atomic E-state index is 6.19. The van der Waals surface area contributed by atoms with E-state index in [-0.39, 0.29) is 5.92 Å². The Morgan fingerprint density at radius 3 is 2.54 bits per heavy atom. The second-order valence-corrected chi connectivity index (χ2v) is 5.60. The number of fused-ring (bicyclic) bond motifs is 2. The molecule has 0 aromatic rings. The van der Waals surface area contributed by atoms with Gasteiger partial charge >= 0.3 is 0 Å². The van der Waals surface area contributed by atoms with Crippen molar-refractivity contribution in [3.63, 3.8) is 0 Å². The summed E-state index contributed by atoms with van der Waals surface area (Å²) in [5, 5.41) is 0. The lowest BCUT2D eigenvalue weighted by Crippen LogP contribution is -2.36. The number of alkyl halides is 2. The van der Waals surface area contributed by atoms with Crippen molar-refractivity contribution in [2.24, 2.45) is 11.8 Å². The fraction of sp³-hybridized carbons (Fsp3) is 1.00. The SMILES string of the molecule is ClC1(Cl)[C@@H]2CCCC3(OCCO3)[C@H]21. The lowest BCUT2D eigenvalue weighted by atomic mass is 9.94. The van der Waals surface area contributed by atoms with Crippen molar-refractivity contribution in [3.8, 4) is 0 Å². The van der Waals surface area contributed by atoms with Gasteiger partial charge in [0, 0.05) is 12.3 Å². The molecule has 0 radical (unpaired) electrons. The molecule has 1 heterocycles. The van der Waals surface area contributed by atoms with E-state index in [1.165, 1.54) is 0 Å². The first-order valence-corrected chi connectivity index (χ1v) is 5.58. The van der Waals surface area contributed by atoms with Crippen LogP contribution < -0.4 is 0 Å². The van der Waals surface area contributed by atoms with Gasteiger partial charge in [0.05, 0.1) is 19.1 Å². The van der Waals surface area contributed by atoms with Crippen molar-refractivity contribution in [2.75, 3.05) is 13.2 Å². The molecule has 0 aromatic carbocycles. The number of hydrogen-bond acceptors (Lipinski definition) is 2. The molecule has 2 nitrogen and oxygen atoms in total. The predicted molar refractivity (Wildman–Crippen MR) is 49.9 cm³/mol. The fourth-order valence-corrected chi connectivity index (χ4v) is 3.85. The molecule has 2 aliphatic carbocycles. The van der Waals surface area contributed by atoms with Crippen LogP contribution in [0.3, 0.4) is 0 Å². The minimum Gasteiger partial charge on any atom is -0.347 e. The van der Waals surface area contributed by atoms with Crippen LogP contribution in [0.2, 0.25) is 0 Å². The van der Waals surface area contributed by atoms with Gasteiger partial charge < -0.3 is 9.47 Å². The van der Waals surface area contributed by atoms with Gasteiger partial charge in [0.15, 0.2) is 5.79 Å². The molecule has 0 amide bonds. The van der Waals surface area contributed by atoms with Crippen molar-refractivity contribution in [1.29, 1.82) is 0 Å². The molecule has 3 fully saturated rings. The summed E-state index contributed by atoms with van der Waals surface area (Å²) in [7, 11) is 0. The van der Waals surface area contributed by atoms with Gasteiger partial charge in [-0.2, -0.15) is 0 Å². The Kier molecular flexibility index (Phi) is 1.72. The van der Waals surface area contributed by atoms with Crippen LogP contribution in [0.5, 0.6) is 0 Å². The highest BCUT2D eigenvalue weighted by Crippen LogP contribution is 2.70. The van der Waals surface area contributed by atoms with Gasteiger partial charge in [-0.05, 0) is 12.8 Å². The van der Waals surface area contributed by atoms with Crippen molar-refractivity contribution in [2.45, 2.75) is 29.4 Å². The second-order valence-electron chi connectivity index (χ2n) is 4.16. The van der Waals surface area contributed by atoms with Crippen LogP contribution in [0.15, 0.2) is 0 Å². The molecule has 13 heavy (non-hydrogen) atoms. The largest absolute Gasteiger partial charge is 0.347 e. The van der Waals surface area contributed by atoms with Crippen LogP contribution in [0.25, 0.3) is 0 Å². The van der Waals surface area contributed by atoms with E-state index in [1.807, 2.05) is 0 Å². The molecule has 0 N–H and O–H groups in total. The summed E-state index contributed by atoms with van der Waals surface area (Å²) in [6, 6.07) is 0. The number of ether oxygens (including phenoxy) is 2. The minimum atomic E-state index is -0.582. The monoisotopic (exact) mass is 222 g/mol. The quantitative estimate of drug-likeness (QED) is 0.587. The molecule has 0 bridgehead atoms. The van der Waals surface area contributed by atoms with Crippen LogP contribution in [0.4, 0.5) is 0 Å². The Morgan fingerprint density at radius 1 is 1.15 bits per heavy atom. The van der Waals surface area contributed by atoms with E-state index >= 15 is 0 Å². The third kappa shape index (κ3) is 1.03. The highest BCUT2D eigenvalue weighted by molar-refractivity contribution is 6.51. The van der Waals surface area contributed by atoms with Crippen molar-refractivity contribution < 1.29 is 9.47 Å². The Labute approximate surface area is 87.5 Å². The molecular weight excluding hydrogens is 211 g/mol. The Hall–Kier alpha value is 0.500. The topological polar surface area (TPSA) is 18.5 Å². The molecule has 0 aromatic heterocycles. The Bertz CT molecular complexity index is 236. The lowest BCUT2D eigenvalue weighted by molar-refractivity contribution is -0.189. The summed E-state index contributed by atoms with van der Waals surface area (Å²) in [5.74, 6) is 0.175. The molecule has 3 rings (SSSR count). The summed E-state index contributed by atoms with van der Waals surface area (Å²) >= 11 is 12.4. The number of halogens is 2. The first-order chi connectivity index (χ1) is 6.17. The zero-order chi connectivity index (χ0) is 9.10. The van der Waals surface area contributed by atoms with Crippen LogP contribution in [-0.4, -0.2) is 23.3 Å². The van der Waals surface area contributed by atoms with Gasteiger partial charge in [0.25, 0.3) is 0 Å². The molecule has 74 valence electrons. The van der Waals surface area contributed by atoms with Gasteiger partial charge in [0.1, 0.15) is 4.33 Å². The predicted octanol–water partition coefficient (Wildman–Crippen LogP) is 2.33. The molecule has 1 spiro atoms. The second kappa shape index (κ2) is 2.54. The maximum atomic E-state index is 6.19. The first-order valence-electron chi connectivity index (χ1n) is 4.82. The third-order valence-corrected chi connectivity index (χ3v) is 4.52. The summed E-state index contributed by atoms with van der Waals surface area (Å²) < 4.78 is 10.8. The molecule has 2 saturated carbocycles. The normalized spacial score (nSPS) is 44.8. The van der Waals surface area contributed by atoms with E-state index < -0.39 is 10.1 Å². The smallest absolute Gasteiger partial charge is 0.174 e. The summed E-state index contributed by atoms with van der Waals surface area (Å²) in [5.41, 5.74) is 0. The summed E-state index contributed by atoms with van der Waals surface area (Å²) in [6.45, 7) is 1.38. The molecule has 2 atom stereocenters. The zero-order valence-corrected chi connectivity index (χ0v) is 8.77. The van der Waals surface area contributed by atoms with E-state index in [9.17, 15) is 0 Å². The highest BCUT2D eigenvalue weighted by Gasteiger charge is 2.74. The average molecular weight is 223 g/mol. The molecule has 1 aliphatic heterocycles. The van der Waals surface area contributed by atoms with E-state index in [1.54, 1.807) is 0 Å². The number of hydrogen-bond donors (Lipinski definition) is 0. The molecular formula is C9H12Cl2O2. The van der Waals surface area contributed by atoms with Crippen LogP contribution >= 0.6 is 23.2 Å². The highest BCUT2D eigenvalue weighted by atomic mass is 35.5. The van der Waals surface area contributed by atoms with Gasteiger partial charge in [0.2, 0.25) is 0 Å². The first kappa shape index (κ1) is 8.78. The van der Waals surface area contributed by atoms with E-state index in [0.717, 1.165) is 19.3 Å². The Balaban J connectivity index is 1.89. The average Bonchev–Trinajstić information content (AvgIpc) is 2.48. The zero-order valence-electron chi connectivity index (χ0n) is 7.26. The standard InChI is InChI=1S/C9H12Cl2O2/c10-9(11)6-2-1-3-8(7(6)9)12-4-5-13-8/h6-7H,1-5H2/t6-,7+/m1/s1. The van der Waals surface area contributed by atoms with Crippen molar-refractivity contribution in [1.82, 2.24) is 0 Å². The van der Waals surface area contributed by atoms with Gasteiger partial charge in [-0.1, -0.05) is 0 Å².